The number of benzene rings is 1. The number of rotatable bonds is 3. The Hall–Kier alpha value is -1.95. The highest BCUT2D eigenvalue weighted by Crippen LogP contribution is 2.29. The lowest BCUT2D eigenvalue weighted by atomic mass is 10.3. The van der Waals surface area contributed by atoms with Crippen molar-refractivity contribution in [3.63, 3.8) is 0 Å². The first kappa shape index (κ1) is 12.5. The quantitative estimate of drug-likeness (QED) is 0.593. The van der Waals surface area contributed by atoms with Crippen LogP contribution in [0.2, 0.25) is 0 Å². The van der Waals surface area contributed by atoms with Gasteiger partial charge in [0.25, 0.3) is 5.91 Å². The van der Waals surface area contributed by atoms with E-state index in [1.165, 1.54) is 6.07 Å². The van der Waals surface area contributed by atoms with Gasteiger partial charge in [-0.1, -0.05) is 6.07 Å². The number of carbonyl (C=O) groups excluding carboxylic acids is 1. The first-order valence-corrected chi connectivity index (χ1v) is 5.74. The van der Waals surface area contributed by atoms with Crippen LogP contribution in [0, 0.1) is 0 Å². The second-order valence-corrected chi connectivity index (χ2v) is 3.97. The first-order valence-electron chi connectivity index (χ1n) is 5.74. The summed E-state index contributed by atoms with van der Waals surface area (Å²) in [7, 11) is 0. The van der Waals surface area contributed by atoms with E-state index in [-0.39, 0.29) is 24.0 Å². The number of para-hydroxylation sites is 1. The molecular weight excluding hydrogens is 236 g/mol. The number of nitrogens with two attached hydrogens (primary N) is 1. The van der Waals surface area contributed by atoms with E-state index in [0.717, 1.165) is 0 Å². The predicted octanol–water partition coefficient (Wildman–Crippen LogP) is 0.212. The second-order valence-electron chi connectivity index (χ2n) is 3.97. The SMILES string of the molecule is Nc1c(O)cccc1OCC(=O)N1CCOCC1. The minimum Gasteiger partial charge on any atom is -0.506 e. The number of phenols is 1. The van der Waals surface area contributed by atoms with E-state index in [2.05, 4.69) is 0 Å². The van der Waals surface area contributed by atoms with E-state index in [4.69, 9.17) is 15.2 Å². The molecule has 0 atom stereocenters. The van der Waals surface area contributed by atoms with E-state index in [1.807, 2.05) is 0 Å². The van der Waals surface area contributed by atoms with Crippen molar-refractivity contribution in [2.24, 2.45) is 0 Å². The van der Waals surface area contributed by atoms with Gasteiger partial charge in [0.05, 0.1) is 13.2 Å². The largest absolute Gasteiger partial charge is 0.506 e. The van der Waals surface area contributed by atoms with Gasteiger partial charge in [-0.2, -0.15) is 0 Å². The fourth-order valence-corrected chi connectivity index (χ4v) is 1.70. The zero-order chi connectivity index (χ0) is 13.0. The molecule has 1 aliphatic rings. The number of nitrogens with zero attached hydrogens (tertiary/aromatic N) is 1. The summed E-state index contributed by atoms with van der Waals surface area (Å²) in [6, 6.07) is 4.69. The number of amides is 1. The van der Waals surface area contributed by atoms with Crippen LogP contribution in [0.3, 0.4) is 0 Å². The predicted molar refractivity (Wildman–Crippen MR) is 65.4 cm³/mol. The van der Waals surface area contributed by atoms with Crippen molar-refractivity contribution >= 4 is 11.6 Å². The molecule has 3 N–H and O–H groups in total. The number of morpholine rings is 1. The van der Waals surface area contributed by atoms with Crippen molar-refractivity contribution in [1.29, 1.82) is 0 Å². The van der Waals surface area contributed by atoms with Crippen LogP contribution in [0.15, 0.2) is 18.2 Å². The van der Waals surface area contributed by atoms with Gasteiger partial charge in [0, 0.05) is 13.1 Å². The molecule has 0 saturated carbocycles. The summed E-state index contributed by atoms with van der Waals surface area (Å²) in [6.07, 6.45) is 0. The molecule has 0 aliphatic carbocycles. The summed E-state index contributed by atoms with van der Waals surface area (Å²) >= 11 is 0. The van der Waals surface area contributed by atoms with E-state index in [0.29, 0.717) is 32.1 Å². The van der Waals surface area contributed by atoms with Gasteiger partial charge < -0.3 is 25.2 Å². The molecule has 1 fully saturated rings. The van der Waals surface area contributed by atoms with Gasteiger partial charge in [0.15, 0.2) is 6.61 Å². The average Bonchev–Trinajstić information content (AvgIpc) is 2.41. The number of nitrogen functional groups attached to an aromatic ring is 1. The summed E-state index contributed by atoms with van der Waals surface area (Å²) < 4.78 is 10.5. The van der Waals surface area contributed by atoms with Crippen LogP contribution in [-0.4, -0.2) is 48.8 Å². The van der Waals surface area contributed by atoms with Crippen LogP contribution in [0.1, 0.15) is 0 Å². The van der Waals surface area contributed by atoms with Gasteiger partial charge in [0.1, 0.15) is 17.2 Å². The van der Waals surface area contributed by atoms with Gasteiger partial charge in [-0.3, -0.25) is 4.79 Å². The van der Waals surface area contributed by atoms with E-state index in [1.54, 1.807) is 17.0 Å². The first-order chi connectivity index (χ1) is 8.68. The molecule has 0 spiro atoms. The Morgan fingerprint density at radius 2 is 2.17 bits per heavy atom. The summed E-state index contributed by atoms with van der Waals surface area (Å²) in [4.78, 5) is 13.5. The highest BCUT2D eigenvalue weighted by atomic mass is 16.5. The highest BCUT2D eigenvalue weighted by molar-refractivity contribution is 5.78. The summed E-state index contributed by atoms with van der Waals surface area (Å²) in [5, 5.41) is 9.40. The fraction of sp³-hybridized carbons (Fsp3) is 0.417. The molecule has 0 unspecified atom stereocenters. The van der Waals surface area contributed by atoms with Crippen molar-refractivity contribution in [3.8, 4) is 11.5 Å². The maximum absolute atomic E-state index is 11.8. The standard InChI is InChI=1S/C12H16N2O4/c13-12-9(15)2-1-3-10(12)18-8-11(16)14-4-6-17-7-5-14/h1-3,15H,4-8,13H2. The lowest BCUT2D eigenvalue weighted by Gasteiger charge is -2.26. The third-order valence-corrected chi connectivity index (χ3v) is 2.76. The molecule has 98 valence electrons. The van der Waals surface area contributed by atoms with Gasteiger partial charge in [-0.15, -0.1) is 0 Å². The zero-order valence-corrected chi connectivity index (χ0v) is 9.96. The molecule has 6 heteroatoms. The molecule has 18 heavy (non-hydrogen) atoms. The van der Waals surface area contributed by atoms with E-state index in [9.17, 15) is 9.90 Å². The number of carbonyl (C=O) groups is 1. The van der Waals surface area contributed by atoms with E-state index >= 15 is 0 Å². The number of hydrogen-bond donors (Lipinski definition) is 2. The van der Waals surface area contributed by atoms with Crippen molar-refractivity contribution in [2.45, 2.75) is 0 Å². The Labute approximate surface area is 105 Å². The molecule has 0 aromatic heterocycles. The monoisotopic (exact) mass is 252 g/mol. The Balaban J connectivity index is 1.90. The lowest BCUT2D eigenvalue weighted by molar-refractivity contribution is -0.137. The van der Waals surface area contributed by atoms with Crippen LogP contribution in [0.25, 0.3) is 0 Å². The minimum atomic E-state index is -0.110. The topological polar surface area (TPSA) is 85.0 Å². The van der Waals surface area contributed by atoms with Gasteiger partial charge in [-0.05, 0) is 12.1 Å². The van der Waals surface area contributed by atoms with E-state index < -0.39 is 0 Å². The van der Waals surface area contributed by atoms with Crippen LogP contribution < -0.4 is 10.5 Å². The summed E-state index contributed by atoms with van der Waals surface area (Å²) in [5.74, 6) is 0.156. The minimum absolute atomic E-state index is 0.0497. The fourth-order valence-electron chi connectivity index (χ4n) is 1.70. The molecule has 2 rings (SSSR count). The molecule has 1 amide bonds. The van der Waals surface area contributed by atoms with Gasteiger partial charge >= 0.3 is 0 Å². The number of aromatic hydroxyl groups is 1. The molecule has 1 aliphatic heterocycles. The van der Waals surface area contributed by atoms with Crippen molar-refractivity contribution < 1.29 is 19.4 Å². The molecule has 0 bridgehead atoms. The van der Waals surface area contributed by atoms with Crippen molar-refractivity contribution in [1.82, 2.24) is 4.90 Å². The third-order valence-electron chi connectivity index (χ3n) is 2.76. The van der Waals surface area contributed by atoms with Crippen molar-refractivity contribution in [3.05, 3.63) is 18.2 Å². The maximum atomic E-state index is 11.8. The Bertz CT molecular complexity index is 430. The van der Waals surface area contributed by atoms with Crippen LogP contribution >= 0.6 is 0 Å². The summed E-state index contributed by atoms with van der Waals surface area (Å²) in [6.45, 7) is 2.18. The average molecular weight is 252 g/mol. The second kappa shape index (κ2) is 5.59. The number of ether oxygens (including phenoxy) is 2. The Kier molecular flexibility index (Phi) is 3.88. The highest BCUT2D eigenvalue weighted by Gasteiger charge is 2.17. The maximum Gasteiger partial charge on any atom is 0.260 e. The van der Waals surface area contributed by atoms with Gasteiger partial charge in [-0.25, -0.2) is 0 Å². The van der Waals surface area contributed by atoms with Gasteiger partial charge in [0.2, 0.25) is 0 Å². The molecule has 1 saturated heterocycles. The lowest BCUT2D eigenvalue weighted by Crippen LogP contribution is -2.43. The Morgan fingerprint density at radius 3 is 2.89 bits per heavy atom. The van der Waals surface area contributed by atoms with Crippen molar-refractivity contribution in [2.75, 3.05) is 38.6 Å². The van der Waals surface area contributed by atoms with Crippen LogP contribution in [0.5, 0.6) is 11.5 Å². The number of hydrogen-bond acceptors (Lipinski definition) is 5. The smallest absolute Gasteiger partial charge is 0.260 e. The molecule has 6 nitrogen and oxygen atoms in total. The normalized spacial score (nSPS) is 15.4. The molecular formula is C12H16N2O4. The third kappa shape index (κ3) is 2.84. The number of anilines is 1. The summed E-state index contributed by atoms with van der Waals surface area (Å²) in [5.41, 5.74) is 5.77. The molecule has 0 radical (unpaired) electrons. The number of phenolic OH excluding ortho intramolecular Hbond substituents is 1. The Morgan fingerprint density at radius 1 is 1.44 bits per heavy atom. The van der Waals surface area contributed by atoms with Crippen LogP contribution in [0.4, 0.5) is 5.69 Å². The molecule has 1 aromatic carbocycles. The molecule has 1 heterocycles. The molecule has 1 aromatic rings. The van der Waals surface area contributed by atoms with Crippen LogP contribution in [-0.2, 0) is 9.53 Å². The zero-order valence-electron chi connectivity index (χ0n) is 9.96.